The van der Waals surface area contributed by atoms with E-state index in [1.54, 1.807) is 6.92 Å². The lowest BCUT2D eigenvalue weighted by Crippen LogP contribution is -2.41. The lowest BCUT2D eigenvalue weighted by molar-refractivity contribution is -0.174. The van der Waals surface area contributed by atoms with Gasteiger partial charge in [-0.1, -0.05) is 72.8 Å². The van der Waals surface area contributed by atoms with Crippen molar-refractivity contribution in [2.24, 2.45) is 0 Å². The summed E-state index contributed by atoms with van der Waals surface area (Å²) in [5.74, 6) is -1.90. The predicted octanol–water partition coefficient (Wildman–Crippen LogP) is 5.18. The van der Waals surface area contributed by atoms with Gasteiger partial charge in [0.1, 0.15) is 7.14 Å². The van der Waals surface area contributed by atoms with Gasteiger partial charge in [-0.3, -0.25) is 4.79 Å². The standard InChI is InChI=1S/C23H27F3NO2P/c1-19(27-22(28)23(24,25)26)13-7-3-2-4-12-18-30(29,20-14-8-5-9-15-20)21-16-10-6-11-17-21/h2,4-6,8-11,14-17,19H,3,7,12-13,18H2,1H3,(H,27,28)/b4-2-/t19-/m0/s1. The molecule has 2 aromatic rings. The van der Waals surface area contributed by atoms with Crippen LogP contribution in [0.4, 0.5) is 13.2 Å². The lowest BCUT2D eigenvalue weighted by atomic mass is 10.1. The second kappa shape index (κ2) is 11.2. The van der Waals surface area contributed by atoms with Crippen molar-refractivity contribution in [1.82, 2.24) is 5.32 Å². The summed E-state index contributed by atoms with van der Waals surface area (Å²) in [5.41, 5.74) is 0. The van der Waals surface area contributed by atoms with Gasteiger partial charge in [0.2, 0.25) is 0 Å². The zero-order valence-corrected chi connectivity index (χ0v) is 17.8. The number of amides is 1. The number of carbonyl (C=O) groups is 1. The number of halogens is 3. The molecule has 30 heavy (non-hydrogen) atoms. The van der Waals surface area contributed by atoms with Crippen LogP contribution in [0.15, 0.2) is 72.8 Å². The van der Waals surface area contributed by atoms with Crippen molar-refractivity contribution in [3.8, 4) is 0 Å². The smallest absolute Gasteiger partial charge is 0.346 e. The van der Waals surface area contributed by atoms with Crippen LogP contribution in [-0.2, 0) is 9.36 Å². The van der Waals surface area contributed by atoms with Gasteiger partial charge in [-0.05, 0) is 32.6 Å². The molecule has 7 heteroatoms. The normalized spacial score (nSPS) is 13.3. The average Bonchev–Trinajstić information content (AvgIpc) is 2.73. The first-order valence-corrected chi connectivity index (χ1v) is 11.9. The number of rotatable bonds is 10. The minimum absolute atomic E-state index is 0.457. The largest absolute Gasteiger partial charge is 0.471 e. The molecule has 2 aromatic carbocycles. The van der Waals surface area contributed by atoms with Crippen molar-refractivity contribution in [3.63, 3.8) is 0 Å². The van der Waals surface area contributed by atoms with E-state index in [4.69, 9.17) is 0 Å². The maximum atomic E-state index is 13.8. The van der Waals surface area contributed by atoms with Crippen molar-refractivity contribution >= 4 is 23.7 Å². The quantitative estimate of drug-likeness (QED) is 0.316. The summed E-state index contributed by atoms with van der Waals surface area (Å²) in [6, 6.07) is 18.4. The molecule has 0 unspecified atom stereocenters. The molecule has 162 valence electrons. The van der Waals surface area contributed by atoms with Crippen molar-refractivity contribution in [2.75, 3.05) is 6.16 Å². The molecule has 1 atom stereocenters. The molecule has 0 aliphatic rings. The molecule has 0 aliphatic carbocycles. The summed E-state index contributed by atoms with van der Waals surface area (Å²) < 4.78 is 50.5. The molecular weight excluding hydrogens is 410 g/mol. The maximum absolute atomic E-state index is 13.8. The Bertz CT molecular complexity index is 824. The summed E-state index contributed by atoms with van der Waals surface area (Å²) in [5, 5.41) is 3.62. The van der Waals surface area contributed by atoms with E-state index in [1.807, 2.05) is 78.1 Å². The highest BCUT2D eigenvalue weighted by Gasteiger charge is 2.39. The van der Waals surface area contributed by atoms with Gasteiger partial charge in [-0.2, -0.15) is 13.2 Å². The molecule has 1 amide bonds. The number of benzene rings is 2. The summed E-state index contributed by atoms with van der Waals surface area (Å²) in [4.78, 5) is 10.9. The number of nitrogens with one attached hydrogen (secondary N) is 1. The third kappa shape index (κ3) is 7.17. The summed E-state index contributed by atoms with van der Waals surface area (Å²) >= 11 is 0. The van der Waals surface area contributed by atoms with E-state index in [2.05, 4.69) is 0 Å². The zero-order valence-electron chi connectivity index (χ0n) is 16.9. The van der Waals surface area contributed by atoms with Crippen molar-refractivity contribution < 1.29 is 22.5 Å². The molecule has 0 fully saturated rings. The van der Waals surface area contributed by atoms with Crippen LogP contribution >= 0.6 is 7.14 Å². The Morgan fingerprint density at radius 1 is 0.967 bits per heavy atom. The SMILES string of the molecule is C[C@@H](CCC/C=C\CCP(=O)(c1ccccc1)c1ccccc1)NC(=O)C(F)(F)F. The summed E-state index contributed by atoms with van der Waals surface area (Å²) in [7, 11) is -2.73. The van der Waals surface area contributed by atoms with Crippen molar-refractivity contribution in [1.29, 1.82) is 0 Å². The van der Waals surface area contributed by atoms with Gasteiger partial charge in [0.05, 0.1) is 0 Å². The molecule has 0 aromatic heterocycles. The number of hydrogen-bond acceptors (Lipinski definition) is 2. The molecule has 0 radical (unpaired) electrons. The van der Waals surface area contributed by atoms with E-state index >= 15 is 0 Å². The first-order chi connectivity index (χ1) is 14.2. The highest BCUT2D eigenvalue weighted by atomic mass is 31.2. The number of carbonyl (C=O) groups excluding carboxylic acids is 1. The highest BCUT2D eigenvalue weighted by Crippen LogP contribution is 2.43. The number of hydrogen-bond donors (Lipinski definition) is 1. The number of alkyl halides is 3. The molecular formula is C23H27F3NO2P. The second-order valence-electron chi connectivity index (χ2n) is 7.20. The lowest BCUT2D eigenvalue weighted by Gasteiger charge is -2.18. The van der Waals surface area contributed by atoms with Crippen LogP contribution in [0, 0.1) is 0 Å². The Balaban J connectivity index is 1.84. The molecule has 0 saturated carbocycles. The summed E-state index contributed by atoms with van der Waals surface area (Å²) in [6.45, 7) is 1.56. The van der Waals surface area contributed by atoms with Gasteiger partial charge >= 0.3 is 12.1 Å². The minimum Gasteiger partial charge on any atom is -0.346 e. The topological polar surface area (TPSA) is 46.2 Å². The Morgan fingerprint density at radius 2 is 1.47 bits per heavy atom. The van der Waals surface area contributed by atoms with Crippen LogP contribution in [0.2, 0.25) is 0 Å². The van der Waals surface area contributed by atoms with Crippen LogP contribution in [0.3, 0.4) is 0 Å². The van der Waals surface area contributed by atoms with Crippen molar-refractivity contribution in [2.45, 2.75) is 44.8 Å². The van der Waals surface area contributed by atoms with E-state index in [0.717, 1.165) is 10.6 Å². The Morgan fingerprint density at radius 3 is 1.97 bits per heavy atom. The predicted molar refractivity (Wildman–Crippen MR) is 116 cm³/mol. The molecule has 1 N–H and O–H groups in total. The fourth-order valence-corrected chi connectivity index (χ4v) is 5.79. The molecule has 0 heterocycles. The molecule has 0 saturated heterocycles. The van der Waals surface area contributed by atoms with E-state index < -0.39 is 25.3 Å². The van der Waals surface area contributed by atoms with Crippen LogP contribution in [0.5, 0.6) is 0 Å². The third-order valence-electron chi connectivity index (χ3n) is 4.77. The molecule has 2 rings (SSSR count). The van der Waals surface area contributed by atoms with Crippen LogP contribution in [0.1, 0.15) is 32.6 Å². The van der Waals surface area contributed by atoms with E-state index in [9.17, 15) is 22.5 Å². The van der Waals surface area contributed by atoms with Gasteiger partial charge in [0.25, 0.3) is 0 Å². The van der Waals surface area contributed by atoms with E-state index in [0.29, 0.717) is 31.8 Å². The Labute approximate surface area is 175 Å². The Kier molecular flexibility index (Phi) is 8.91. The first kappa shape index (κ1) is 23.9. The fourth-order valence-electron chi connectivity index (χ4n) is 3.16. The summed E-state index contributed by atoms with van der Waals surface area (Å²) in [6.07, 6.45) is 2.03. The first-order valence-electron chi connectivity index (χ1n) is 9.96. The fraction of sp³-hybridized carbons (Fsp3) is 0.348. The van der Waals surface area contributed by atoms with Gasteiger partial charge in [0, 0.05) is 22.8 Å². The minimum atomic E-state index is -4.85. The molecule has 0 spiro atoms. The Hall–Kier alpha value is -2.33. The van der Waals surface area contributed by atoms with Gasteiger partial charge in [-0.15, -0.1) is 0 Å². The molecule has 3 nitrogen and oxygen atoms in total. The third-order valence-corrected chi connectivity index (χ3v) is 7.92. The zero-order chi connectivity index (χ0) is 22.0. The second-order valence-corrected chi connectivity index (χ2v) is 10.2. The van der Waals surface area contributed by atoms with Gasteiger partial charge < -0.3 is 9.88 Å². The van der Waals surface area contributed by atoms with Crippen molar-refractivity contribution in [3.05, 3.63) is 72.8 Å². The average molecular weight is 437 g/mol. The number of unbranched alkanes of at least 4 members (excludes halogenated alkanes) is 1. The van der Waals surface area contributed by atoms with Gasteiger partial charge in [0.15, 0.2) is 0 Å². The van der Waals surface area contributed by atoms with Crippen LogP contribution in [-0.4, -0.2) is 24.3 Å². The number of allylic oxidation sites excluding steroid dienone is 2. The van der Waals surface area contributed by atoms with E-state index in [1.165, 1.54) is 0 Å². The molecule has 0 aliphatic heterocycles. The highest BCUT2D eigenvalue weighted by molar-refractivity contribution is 7.78. The molecule has 0 bridgehead atoms. The monoisotopic (exact) mass is 437 g/mol. The van der Waals surface area contributed by atoms with Crippen LogP contribution < -0.4 is 15.9 Å². The van der Waals surface area contributed by atoms with Gasteiger partial charge in [-0.25, -0.2) is 0 Å². The van der Waals surface area contributed by atoms with E-state index in [-0.39, 0.29) is 0 Å². The maximum Gasteiger partial charge on any atom is 0.471 e. The van der Waals surface area contributed by atoms with Crippen LogP contribution in [0.25, 0.3) is 0 Å².